The van der Waals surface area contributed by atoms with Crippen molar-refractivity contribution in [3.63, 3.8) is 0 Å². The van der Waals surface area contributed by atoms with Gasteiger partial charge in [0.1, 0.15) is 0 Å². The van der Waals surface area contributed by atoms with Gasteiger partial charge in [-0.2, -0.15) is 0 Å². The van der Waals surface area contributed by atoms with Crippen LogP contribution in [0.2, 0.25) is 10.0 Å². The van der Waals surface area contributed by atoms with E-state index in [9.17, 15) is 4.79 Å². The van der Waals surface area contributed by atoms with E-state index in [0.717, 1.165) is 24.2 Å². The summed E-state index contributed by atoms with van der Waals surface area (Å²) in [6, 6.07) is 16.5. The van der Waals surface area contributed by atoms with Crippen LogP contribution in [0, 0.1) is 0 Å². The van der Waals surface area contributed by atoms with Crippen LogP contribution >= 0.6 is 23.2 Å². The Balaban J connectivity index is 1.45. The monoisotopic (exact) mass is 445 g/mol. The Hall–Kier alpha value is -2.38. The molecule has 1 amide bonds. The number of aromatic nitrogens is 1. The van der Waals surface area contributed by atoms with E-state index in [0.29, 0.717) is 35.6 Å². The lowest BCUT2D eigenvalue weighted by molar-refractivity contribution is 0.0162. The Labute approximate surface area is 184 Å². The second kappa shape index (κ2) is 9.62. The molecule has 1 aliphatic heterocycles. The molecule has 0 aliphatic carbocycles. The number of hydrogen-bond donors (Lipinski definition) is 1. The molecule has 0 radical (unpaired) electrons. The van der Waals surface area contributed by atoms with Crippen molar-refractivity contribution in [2.45, 2.75) is 6.04 Å². The Morgan fingerprint density at radius 1 is 1.03 bits per heavy atom. The van der Waals surface area contributed by atoms with Crippen LogP contribution < -0.4 is 5.32 Å². The first-order valence-corrected chi connectivity index (χ1v) is 10.4. The van der Waals surface area contributed by atoms with E-state index in [1.54, 1.807) is 18.2 Å². The highest BCUT2D eigenvalue weighted by Gasteiger charge is 2.24. The first kappa shape index (κ1) is 20.9. The number of rotatable bonds is 6. The molecule has 1 saturated heterocycles. The van der Waals surface area contributed by atoms with E-state index in [1.165, 1.54) is 0 Å². The number of carbonyl (C=O) groups excluding carboxylic acids is 1. The number of nitrogens with one attached hydrogen (secondary N) is 1. The Bertz CT molecular complexity index is 984. The second-order valence-electron chi connectivity index (χ2n) is 7.01. The molecule has 0 saturated carbocycles. The summed E-state index contributed by atoms with van der Waals surface area (Å²) in [5.41, 5.74) is 2.12. The molecule has 1 aromatic heterocycles. The number of nitrogens with zero attached hydrogens (tertiary/aromatic N) is 2. The molecule has 156 valence electrons. The molecule has 6 nitrogen and oxygen atoms in total. The highest BCUT2D eigenvalue weighted by Crippen LogP contribution is 2.24. The smallest absolute Gasteiger partial charge is 0.273 e. The quantitative estimate of drug-likeness (QED) is 0.606. The molecule has 4 rings (SSSR count). The van der Waals surface area contributed by atoms with Crippen molar-refractivity contribution in [2.24, 2.45) is 0 Å². The highest BCUT2D eigenvalue weighted by atomic mass is 35.5. The van der Waals surface area contributed by atoms with Gasteiger partial charge in [0.15, 0.2) is 11.5 Å². The van der Waals surface area contributed by atoms with Crippen LogP contribution in [-0.2, 0) is 4.74 Å². The molecule has 3 aromatic rings. The summed E-state index contributed by atoms with van der Waals surface area (Å²) < 4.78 is 10.8. The van der Waals surface area contributed by atoms with E-state index in [1.807, 2.05) is 36.4 Å². The standard InChI is InChI=1S/C22H21Cl2N3O3/c23-17-5-1-15(2-6-17)20(27-9-11-29-12-10-27)14-25-22(28)19-13-21(30-26-19)16-3-7-18(24)8-4-16/h1-8,13,20H,9-12,14H2,(H,25,28)/t20-/m0/s1. The van der Waals surface area contributed by atoms with Crippen LogP contribution in [0.5, 0.6) is 0 Å². The molecule has 30 heavy (non-hydrogen) atoms. The minimum absolute atomic E-state index is 0.0118. The average Bonchev–Trinajstić information content (AvgIpc) is 3.27. The van der Waals surface area contributed by atoms with E-state index in [2.05, 4.69) is 15.4 Å². The van der Waals surface area contributed by atoms with Gasteiger partial charge < -0.3 is 14.6 Å². The fourth-order valence-electron chi connectivity index (χ4n) is 3.44. The fraction of sp³-hybridized carbons (Fsp3) is 0.273. The van der Waals surface area contributed by atoms with Crippen molar-refractivity contribution in [3.8, 4) is 11.3 Å². The fourth-order valence-corrected chi connectivity index (χ4v) is 3.70. The van der Waals surface area contributed by atoms with Gasteiger partial charge in [0.25, 0.3) is 5.91 Å². The van der Waals surface area contributed by atoms with Gasteiger partial charge in [0.05, 0.1) is 19.3 Å². The van der Waals surface area contributed by atoms with E-state index >= 15 is 0 Å². The van der Waals surface area contributed by atoms with Crippen molar-refractivity contribution in [1.82, 2.24) is 15.4 Å². The maximum absolute atomic E-state index is 12.7. The number of morpholine rings is 1. The molecule has 1 N–H and O–H groups in total. The maximum atomic E-state index is 12.7. The molecule has 0 unspecified atom stereocenters. The van der Waals surface area contributed by atoms with Crippen molar-refractivity contribution in [2.75, 3.05) is 32.8 Å². The summed E-state index contributed by atoms with van der Waals surface area (Å²) in [5.74, 6) is 0.227. The van der Waals surface area contributed by atoms with Gasteiger partial charge in [0, 0.05) is 41.3 Å². The zero-order chi connectivity index (χ0) is 20.9. The van der Waals surface area contributed by atoms with Crippen molar-refractivity contribution in [3.05, 3.63) is 75.9 Å². The third-order valence-electron chi connectivity index (χ3n) is 5.07. The Morgan fingerprint density at radius 2 is 1.67 bits per heavy atom. The van der Waals surface area contributed by atoms with Gasteiger partial charge in [-0.3, -0.25) is 9.69 Å². The third-order valence-corrected chi connectivity index (χ3v) is 5.57. The lowest BCUT2D eigenvalue weighted by Crippen LogP contribution is -2.43. The predicted molar refractivity (Wildman–Crippen MR) is 116 cm³/mol. The van der Waals surface area contributed by atoms with Gasteiger partial charge >= 0.3 is 0 Å². The van der Waals surface area contributed by atoms with Gasteiger partial charge in [-0.1, -0.05) is 40.5 Å². The molecule has 2 heterocycles. The highest BCUT2D eigenvalue weighted by molar-refractivity contribution is 6.30. The van der Waals surface area contributed by atoms with Crippen molar-refractivity contribution >= 4 is 29.1 Å². The summed E-state index contributed by atoms with van der Waals surface area (Å²) in [6.07, 6.45) is 0. The molecular formula is C22H21Cl2N3O3. The first-order valence-electron chi connectivity index (χ1n) is 9.68. The second-order valence-corrected chi connectivity index (χ2v) is 7.88. The van der Waals surface area contributed by atoms with E-state index < -0.39 is 0 Å². The molecule has 8 heteroatoms. The summed E-state index contributed by atoms with van der Waals surface area (Å²) >= 11 is 12.0. The van der Waals surface area contributed by atoms with Crippen LogP contribution in [0.4, 0.5) is 0 Å². The van der Waals surface area contributed by atoms with Gasteiger partial charge in [-0.15, -0.1) is 0 Å². The Kier molecular flexibility index (Phi) is 6.69. The van der Waals surface area contributed by atoms with Crippen LogP contribution in [0.1, 0.15) is 22.1 Å². The summed E-state index contributed by atoms with van der Waals surface area (Å²) in [7, 11) is 0. The lowest BCUT2D eigenvalue weighted by Gasteiger charge is -2.34. The molecule has 0 bridgehead atoms. The minimum Gasteiger partial charge on any atom is -0.379 e. The van der Waals surface area contributed by atoms with Gasteiger partial charge in [-0.25, -0.2) is 0 Å². The topological polar surface area (TPSA) is 67.6 Å². The lowest BCUT2D eigenvalue weighted by atomic mass is 10.0. The molecule has 1 aliphatic rings. The van der Waals surface area contributed by atoms with Crippen molar-refractivity contribution < 1.29 is 14.1 Å². The Morgan fingerprint density at radius 3 is 2.33 bits per heavy atom. The van der Waals surface area contributed by atoms with Gasteiger partial charge in [0.2, 0.25) is 0 Å². The van der Waals surface area contributed by atoms with E-state index in [-0.39, 0.29) is 17.6 Å². The first-order chi connectivity index (χ1) is 14.6. The summed E-state index contributed by atoms with van der Waals surface area (Å²) in [5, 5.41) is 8.22. The summed E-state index contributed by atoms with van der Waals surface area (Å²) in [4.78, 5) is 15.0. The van der Waals surface area contributed by atoms with Crippen LogP contribution in [-0.4, -0.2) is 48.8 Å². The zero-order valence-electron chi connectivity index (χ0n) is 16.2. The normalized spacial score (nSPS) is 15.7. The van der Waals surface area contributed by atoms with Crippen molar-refractivity contribution in [1.29, 1.82) is 0 Å². The number of halogens is 2. The zero-order valence-corrected chi connectivity index (χ0v) is 17.7. The minimum atomic E-state index is -0.286. The number of ether oxygens (including phenoxy) is 1. The van der Waals surface area contributed by atoms with Crippen LogP contribution in [0.3, 0.4) is 0 Å². The molecular weight excluding hydrogens is 425 g/mol. The third kappa shape index (κ3) is 5.02. The van der Waals surface area contributed by atoms with Gasteiger partial charge in [-0.05, 0) is 42.0 Å². The van der Waals surface area contributed by atoms with Crippen LogP contribution in [0.15, 0.2) is 59.1 Å². The number of hydrogen-bond acceptors (Lipinski definition) is 5. The molecule has 2 aromatic carbocycles. The number of carbonyl (C=O) groups is 1. The molecule has 1 fully saturated rings. The summed E-state index contributed by atoms with van der Waals surface area (Å²) in [6.45, 7) is 3.38. The predicted octanol–water partition coefficient (Wildman–Crippen LogP) is 4.45. The molecule has 1 atom stereocenters. The van der Waals surface area contributed by atoms with Crippen LogP contribution in [0.25, 0.3) is 11.3 Å². The number of amides is 1. The molecule has 0 spiro atoms. The average molecular weight is 446 g/mol. The SMILES string of the molecule is O=C(NC[C@@H](c1ccc(Cl)cc1)N1CCOCC1)c1cc(-c2ccc(Cl)cc2)on1. The number of benzene rings is 2. The van der Waals surface area contributed by atoms with E-state index in [4.69, 9.17) is 32.5 Å². The maximum Gasteiger partial charge on any atom is 0.273 e. The largest absolute Gasteiger partial charge is 0.379 e.